The monoisotopic (exact) mass is 225 g/mol. The second-order valence-electron chi connectivity index (χ2n) is 2.64. The highest BCUT2D eigenvalue weighted by Crippen LogP contribution is 2.13. The SMILES string of the molecule is CC#CCNS(=O)(=O)c1cccnc1N. The first-order chi connectivity index (χ1) is 7.08. The zero-order chi connectivity index (χ0) is 11.3. The van der Waals surface area contributed by atoms with Gasteiger partial charge in [-0.25, -0.2) is 13.4 Å². The molecule has 0 amide bonds. The van der Waals surface area contributed by atoms with Gasteiger partial charge in [0.1, 0.15) is 10.7 Å². The highest BCUT2D eigenvalue weighted by atomic mass is 32.2. The first-order valence-corrected chi connectivity index (χ1v) is 5.66. The first-order valence-electron chi connectivity index (χ1n) is 4.17. The Morgan fingerprint density at radius 1 is 1.60 bits per heavy atom. The molecule has 0 bridgehead atoms. The van der Waals surface area contributed by atoms with Gasteiger partial charge in [-0.05, 0) is 19.1 Å². The summed E-state index contributed by atoms with van der Waals surface area (Å²) < 4.78 is 25.6. The molecule has 0 aliphatic carbocycles. The van der Waals surface area contributed by atoms with Crippen LogP contribution in [0.4, 0.5) is 5.82 Å². The average molecular weight is 225 g/mol. The van der Waals surface area contributed by atoms with Crippen molar-refractivity contribution in [1.82, 2.24) is 9.71 Å². The fraction of sp³-hybridized carbons (Fsp3) is 0.222. The van der Waals surface area contributed by atoms with Crippen molar-refractivity contribution in [2.45, 2.75) is 11.8 Å². The molecule has 3 N–H and O–H groups in total. The minimum Gasteiger partial charge on any atom is -0.383 e. The lowest BCUT2D eigenvalue weighted by Gasteiger charge is -2.05. The summed E-state index contributed by atoms with van der Waals surface area (Å²) >= 11 is 0. The van der Waals surface area contributed by atoms with E-state index in [0.29, 0.717) is 0 Å². The molecule has 1 aromatic rings. The molecule has 0 fully saturated rings. The second-order valence-corrected chi connectivity index (χ2v) is 4.37. The Hall–Kier alpha value is -1.58. The summed E-state index contributed by atoms with van der Waals surface area (Å²) in [6, 6.07) is 2.90. The van der Waals surface area contributed by atoms with Crippen LogP contribution in [-0.4, -0.2) is 19.9 Å². The van der Waals surface area contributed by atoms with Crippen LogP contribution in [0.3, 0.4) is 0 Å². The first kappa shape index (κ1) is 11.5. The number of nitrogens with one attached hydrogen (secondary N) is 1. The molecule has 0 saturated heterocycles. The third-order valence-electron chi connectivity index (χ3n) is 1.62. The summed E-state index contributed by atoms with van der Waals surface area (Å²) in [5.41, 5.74) is 5.44. The molecular weight excluding hydrogens is 214 g/mol. The van der Waals surface area contributed by atoms with E-state index in [-0.39, 0.29) is 17.3 Å². The van der Waals surface area contributed by atoms with Gasteiger partial charge < -0.3 is 5.73 Å². The summed E-state index contributed by atoms with van der Waals surface area (Å²) in [6.45, 7) is 1.69. The van der Waals surface area contributed by atoms with Crippen LogP contribution in [0.5, 0.6) is 0 Å². The van der Waals surface area contributed by atoms with Gasteiger partial charge in [0.2, 0.25) is 10.0 Å². The lowest BCUT2D eigenvalue weighted by molar-refractivity contribution is 0.586. The number of anilines is 1. The van der Waals surface area contributed by atoms with E-state index >= 15 is 0 Å². The van der Waals surface area contributed by atoms with E-state index in [1.165, 1.54) is 18.3 Å². The normalized spacial score (nSPS) is 10.5. The molecule has 1 rings (SSSR count). The number of pyridine rings is 1. The maximum Gasteiger partial charge on any atom is 0.245 e. The molecule has 1 aromatic heterocycles. The molecule has 80 valence electrons. The van der Waals surface area contributed by atoms with Gasteiger partial charge >= 0.3 is 0 Å². The number of nitrogens with zero attached hydrogens (tertiary/aromatic N) is 1. The number of hydrogen-bond acceptors (Lipinski definition) is 4. The van der Waals surface area contributed by atoms with Crippen LogP contribution in [-0.2, 0) is 10.0 Å². The molecule has 0 spiro atoms. The van der Waals surface area contributed by atoms with Crippen molar-refractivity contribution in [2.75, 3.05) is 12.3 Å². The average Bonchev–Trinajstić information content (AvgIpc) is 2.18. The van der Waals surface area contributed by atoms with Gasteiger partial charge in [-0.1, -0.05) is 5.92 Å². The molecule has 0 unspecified atom stereocenters. The van der Waals surface area contributed by atoms with E-state index in [0.717, 1.165) is 0 Å². The molecule has 0 aromatic carbocycles. The standard InChI is InChI=1S/C9H11N3O2S/c1-2-3-7-12-15(13,14)8-5-4-6-11-9(8)10/h4-6,12H,7H2,1H3,(H2,10,11). The van der Waals surface area contributed by atoms with E-state index in [1.54, 1.807) is 6.92 Å². The van der Waals surface area contributed by atoms with Crippen molar-refractivity contribution in [1.29, 1.82) is 0 Å². The molecule has 0 radical (unpaired) electrons. The fourth-order valence-electron chi connectivity index (χ4n) is 0.927. The molecule has 15 heavy (non-hydrogen) atoms. The molecule has 0 aliphatic heterocycles. The summed E-state index contributed by atoms with van der Waals surface area (Å²) in [7, 11) is -3.60. The summed E-state index contributed by atoms with van der Waals surface area (Å²) in [6.07, 6.45) is 1.43. The molecule has 0 atom stereocenters. The number of aromatic nitrogens is 1. The Morgan fingerprint density at radius 3 is 2.93 bits per heavy atom. The molecular formula is C9H11N3O2S. The molecule has 0 saturated carbocycles. The van der Waals surface area contributed by atoms with Crippen molar-refractivity contribution >= 4 is 15.8 Å². The largest absolute Gasteiger partial charge is 0.383 e. The van der Waals surface area contributed by atoms with Gasteiger partial charge in [0.05, 0.1) is 6.54 Å². The summed E-state index contributed by atoms with van der Waals surface area (Å²) in [5, 5.41) is 0. The maximum atomic E-state index is 11.6. The van der Waals surface area contributed by atoms with Crippen LogP contribution in [0.2, 0.25) is 0 Å². The van der Waals surface area contributed by atoms with Crippen molar-refractivity contribution in [2.24, 2.45) is 0 Å². The topological polar surface area (TPSA) is 85.1 Å². The molecule has 0 aliphatic rings. The Morgan fingerprint density at radius 2 is 2.33 bits per heavy atom. The Kier molecular flexibility index (Phi) is 3.66. The van der Waals surface area contributed by atoms with Gasteiger partial charge in [0.15, 0.2) is 0 Å². The van der Waals surface area contributed by atoms with Gasteiger partial charge in [-0.3, -0.25) is 0 Å². The van der Waals surface area contributed by atoms with E-state index < -0.39 is 10.0 Å². The Balaban J connectivity index is 2.95. The minimum atomic E-state index is -3.60. The summed E-state index contributed by atoms with van der Waals surface area (Å²) in [5.74, 6) is 5.16. The van der Waals surface area contributed by atoms with Crippen molar-refractivity contribution in [3.8, 4) is 11.8 Å². The van der Waals surface area contributed by atoms with Crippen molar-refractivity contribution in [3.63, 3.8) is 0 Å². The number of hydrogen-bond donors (Lipinski definition) is 2. The number of nitrogen functional groups attached to an aromatic ring is 1. The van der Waals surface area contributed by atoms with E-state index in [4.69, 9.17) is 5.73 Å². The molecule has 1 heterocycles. The lowest BCUT2D eigenvalue weighted by Crippen LogP contribution is -2.25. The quantitative estimate of drug-likeness (QED) is 0.707. The zero-order valence-electron chi connectivity index (χ0n) is 8.19. The Bertz CT molecular complexity index is 500. The van der Waals surface area contributed by atoms with Crippen LogP contribution in [0.1, 0.15) is 6.92 Å². The molecule has 6 heteroatoms. The predicted octanol–water partition coefficient (Wildman–Crippen LogP) is -0.0346. The van der Waals surface area contributed by atoms with Crippen LogP contribution in [0.25, 0.3) is 0 Å². The van der Waals surface area contributed by atoms with E-state index in [9.17, 15) is 8.42 Å². The number of rotatable bonds is 3. The minimum absolute atomic E-state index is 0.0190. The van der Waals surface area contributed by atoms with Crippen LogP contribution < -0.4 is 10.5 Å². The second kappa shape index (κ2) is 4.77. The van der Waals surface area contributed by atoms with Gasteiger partial charge in [0, 0.05) is 6.20 Å². The Labute approximate surface area is 88.8 Å². The van der Waals surface area contributed by atoms with Gasteiger partial charge in [-0.2, -0.15) is 4.72 Å². The van der Waals surface area contributed by atoms with Crippen LogP contribution in [0, 0.1) is 11.8 Å². The highest BCUT2D eigenvalue weighted by molar-refractivity contribution is 7.89. The predicted molar refractivity (Wildman–Crippen MR) is 57.3 cm³/mol. The van der Waals surface area contributed by atoms with Gasteiger partial charge in [-0.15, -0.1) is 5.92 Å². The highest BCUT2D eigenvalue weighted by Gasteiger charge is 2.16. The van der Waals surface area contributed by atoms with E-state index in [1.807, 2.05) is 0 Å². The van der Waals surface area contributed by atoms with Gasteiger partial charge in [0.25, 0.3) is 0 Å². The van der Waals surface area contributed by atoms with Crippen molar-refractivity contribution in [3.05, 3.63) is 18.3 Å². The summed E-state index contributed by atoms with van der Waals surface area (Å²) in [4.78, 5) is 3.67. The van der Waals surface area contributed by atoms with Crippen LogP contribution >= 0.6 is 0 Å². The molecule has 5 nitrogen and oxygen atoms in total. The van der Waals surface area contributed by atoms with Crippen LogP contribution in [0.15, 0.2) is 23.2 Å². The number of nitrogens with two attached hydrogens (primary N) is 1. The van der Waals surface area contributed by atoms with Crippen molar-refractivity contribution < 1.29 is 8.42 Å². The third-order valence-corrected chi connectivity index (χ3v) is 3.07. The fourth-order valence-corrected chi connectivity index (χ4v) is 1.93. The zero-order valence-corrected chi connectivity index (χ0v) is 9.00. The number of sulfonamides is 1. The van der Waals surface area contributed by atoms with E-state index in [2.05, 4.69) is 21.5 Å². The smallest absolute Gasteiger partial charge is 0.245 e. The third kappa shape index (κ3) is 2.94. The lowest BCUT2D eigenvalue weighted by atomic mass is 10.5. The maximum absolute atomic E-state index is 11.6.